The summed E-state index contributed by atoms with van der Waals surface area (Å²) in [6, 6.07) is 1.28. The zero-order valence-electron chi connectivity index (χ0n) is 32.3. The molecule has 0 aromatic carbocycles. The van der Waals surface area contributed by atoms with E-state index in [2.05, 4.69) is 84.6 Å². The Morgan fingerprint density at radius 2 is 1.32 bits per heavy atom. The molecule has 0 bridgehead atoms. The minimum absolute atomic E-state index is 0.0107. The Morgan fingerprint density at radius 3 is 1.86 bits per heavy atom. The molecule has 50 heavy (non-hydrogen) atoms. The lowest BCUT2D eigenvalue weighted by molar-refractivity contribution is -0.123. The maximum atomic E-state index is 11.9. The summed E-state index contributed by atoms with van der Waals surface area (Å²) >= 11 is 2.11. The Hall–Kier alpha value is -2.06. The van der Waals surface area contributed by atoms with Crippen LogP contribution in [0.2, 0.25) is 0 Å². The molecule has 0 aromatic heterocycles. The second kappa shape index (κ2) is 28.5. The number of fused-ring (bicyclic) bond motifs is 1. The fourth-order valence-electron chi connectivity index (χ4n) is 5.25. The molecule has 2 fully saturated rings. The summed E-state index contributed by atoms with van der Waals surface area (Å²) in [5.41, 5.74) is 0.166. The monoisotopic (exact) mass is 729 g/mol. The third kappa shape index (κ3) is 23.4. The summed E-state index contributed by atoms with van der Waals surface area (Å²) in [6.07, 6.45) is 9.33. The van der Waals surface area contributed by atoms with Crippen molar-refractivity contribution in [1.29, 1.82) is 0 Å². The maximum Gasteiger partial charge on any atom is 0.220 e. The highest BCUT2D eigenvalue weighted by atomic mass is 32.2. The highest BCUT2D eigenvalue weighted by Gasteiger charge is 2.40. The molecule has 292 valence electrons. The number of hydrogen-bond acceptors (Lipinski definition) is 10. The molecule has 0 radical (unpaired) electrons. The number of thioether (sulfide) groups is 1. The average Bonchev–Trinajstić information content (AvgIpc) is 3.63. The number of ether oxygens (including phenoxy) is 3. The Morgan fingerprint density at radius 1 is 0.780 bits per heavy atom. The van der Waals surface area contributed by atoms with Crippen molar-refractivity contribution in [1.82, 2.24) is 31.5 Å². The van der Waals surface area contributed by atoms with Crippen molar-refractivity contribution in [3.8, 4) is 0 Å². The predicted molar refractivity (Wildman–Crippen MR) is 205 cm³/mol. The van der Waals surface area contributed by atoms with E-state index in [9.17, 15) is 14.4 Å². The molecule has 0 unspecified atom stereocenters. The molecule has 2 heterocycles. The molecule has 0 saturated carbocycles. The highest BCUT2D eigenvalue weighted by molar-refractivity contribution is 8.00. The first-order valence-corrected chi connectivity index (χ1v) is 20.1. The van der Waals surface area contributed by atoms with Gasteiger partial charge in [0.1, 0.15) is 0 Å². The predicted octanol–water partition coefficient (Wildman–Crippen LogP) is 3.95. The number of nitrogens with zero attached hydrogens (tertiary/aromatic N) is 1. The first-order chi connectivity index (χ1) is 24.0. The van der Waals surface area contributed by atoms with E-state index in [1.54, 1.807) is 0 Å². The van der Waals surface area contributed by atoms with Crippen molar-refractivity contribution in [3.05, 3.63) is 12.4 Å². The van der Waals surface area contributed by atoms with Gasteiger partial charge in [-0.3, -0.25) is 14.4 Å². The molecule has 3 amide bonds. The van der Waals surface area contributed by atoms with Gasteiger partial charge in [0, 0.05) is 68.7 Å². The van der Waals surface area contributed by atoms with Crippen LogP contribution in [0, 0.1) is 0 Å². The van der Waals surface area contributed by atoms with E-state index in [1.807, 2.05) is 6.92 Å². The molecule has 3 atom stereocenters. The van der Waals surface area contributed by atoms with Crippen molar-refractivity contribution >= 4 is 29.5 Å². The molecule has 5 N–H and O–H groups in total. The zero-order chi connectivity index (χ0) is 37.0. The van der Waals surface area contributed by atoms with Gasteiger partial charge in [-0.15, -0.1) is 0 Å². The molecule has 13 heteroatoms. The Balaban J connectivity index is 0.000000787. The lowest BCUT2D eigenvalue weighted by Gasteiger charge is -2.31. The second-order valence-electron chi connectivity index (χ2n) is 14.0. The van der Waals surface area contributed by atoms with E-state index in [4.69, 9.17) is 14.2 Å². The first kappa shape index (κ1) is 46.0. The first-order valence-electron chi connectivity index (χ1n) is 19.1. The van der Waals surface area contributed by atoms with Gasteiger partial charge in [-0.25, -0.2) is 0 Å². The van der Waals surface area contributed by atoms with E-state index in [1.165, 1.54) is 25.0 Å². The van der Waals surface area contributed by atoms with Crippen LogP contribution in [0.5, 0.6) is 0 Å². The quantitative estimate of drug-likeness (QED) is 0.0790. The Labute approximate surface area is 308 Å². The van der Waals surface area contributed by atoms with Gasteiger partial charge in [-0.05, 0) is 72.9 Å². The number of nitrogens with one attached hydrogen (secondary N) is 5. The van der Waals surface area contributed by atoms with Crippen LogP contribution >= 0.6 is 11.8 Å². The van der Waals surface area contributed by atoms with Crippen LogP contribution in [0.25, 0.3) is 0 Å². The number of rotatable bonds is 27. The lowest BCUT2D eigenvalue weighted by Crippen LogP contribution is -2.38. The largest absolute Gasteiger partial charge is 0.379 e. The van der Waals surface area contributed by atoms with Crippen LogP contribution in [0.4, 0.5) is 0 Å². The molecule has 2 saturated heterocycles. The molecule has 0 aliphatic carbocycles. The lowest BCUT2D eigenvalue weighted by atomic mass is 10.0. The van der Waals surface area contributed by atoms with Gasteiger partial charge in [0.05, 0.1) is 44.3 Å². The highest BCUT2D eigenvalue weighted by Crippen LogP contribution is 2.34. The van der Waals surface area contributed by atoms with Gasteiger partial charge < -0.3 is 45.7 Å². The standard InChI is InChI=1S/C27H54N4O6.C10H18N2S/c1-6-24(32)28-15-10-18-35-20-22-37-23-21-36-19-11-16-30-26(34)13-9-12-25(33)29-14-7-8-17-31(5)27(2,3)4;1-3-4-5-9-10-8(6-13-9)11-7(2)12-10/h6-23H2,1-5H3,(H,28,32)(H,29,33)(H,30,34);8-12H,2-6H2,1H3/t;8-,9-,10-/m.0/s1. The number of hydrogen-bond donors (Lipinski definition) is 5. The van der Waals surface area contributed by atoms with Crippen molar-refractivity contribution in [2.24, 2.45) is 0 Å². The molecule has 0 spiro atoms. The third-order valence-electron chi connectivity index (χ3n) is 8.70. The van der Waals surface area contributed by atoms with Gasteiger partial charge in [0.25, 0.3) is 0 Å². The van der Waals surface area contributed by atoms with Crippen LogP contribution in [-0.2, 0) is 28.6 Å². The molecule has 12 nitrogen and oxygen atoms in total. The zero-order valence-corrected chi connectivity index (χ0v) is 33.1. The number of carbonyl (C=O) groups is 3. The summed E-state index contributed by atoms with van der Waals surface area (Å²) < 4.78 is 16.4. The van der Waals surface area contributed by atoms with E-state index in [0.717, 1.165) is 43.3 Å². The third-order valence-corrected chi connectivity index (χ3v) is 10.2. The average molecular weight is 729 g/mol. The number of unbranched alkanes of at least 4 members (excludes halogenated alkanes) is 2. The van der Waals surface area contributed by atoms with Crippen LogP contribution in [0.1, 0.15) is 105 Å². The van der Waals surface area contributed by atoms with Crippen LogP contribution in [0.3, 0.4) is 0 Å². The number of amides is 3. The molecule has 2 rings (SSSR count). The minimum atomic E-state index is -0.0332. The van der Waals surface area contributed by atoms with Gasteiger partial charge in [-0.2, -0.15) is 11.8 Å². The van der Waals surface area contributed by atoms with Crippen LogP contribution in [0.15, 0.2) is 12.4 Å². The van der Waals surface area contributed by atoms with Crippen molar-refractivity contribution in [3.63, 3.8) is 0 Å². The minimum Gasteiger partial charge on any atom is -0.379 e. The van der Waals surface area contributed by atoms with Crippen molar-refractivity contribution < 1.29 is 28.6 Å². The Kier molecular flexibility index (Phi) is 26.2. The fraction of sp³-hybridized carbons (Fsp3) is 0.865. The second-order valence-corrected chi connectivity index (χ2v) is 15.3. The number of carbonyl (C=O) groups excluding carboxylic acids is 3. The summed E-state index contributed by atoms with van der Waals surface area (Å²) in [7, 11) is 2.12. The molecular weight excluding hydrogens is 657 g/mol. The molecule has 0 aromatic rings. The van der Waals surface area contributed by atoms with Crippen LogP contribution in [-0.4, -0.2) is 124 Å². The van der Waals surface area contributed by atoms with Gasteiger partial charge >= 0.3 is 0 Å². The SMILES string of the molecule is C=C1N[C@H]2[C@H](CS[C@H]2CCCC)N1.CCC(=O)NCCCOCCOCCOCCCNC(=O)CCCC(=O)NCCCCN(C)C(C)(C)C. The van der Waals surface area contributed by atoms with Crippen molar-refractivity contribution in [2.45, 2.75) is 128 Å². The van der Waals surface area contributed by atoms with Crippen LogP contribution < -0.4 is 26.6 Å². The fourth-order valence-corrected chi connectivity index (χ4v) is 6.79. The van der Waals surface area contributed by atoms with E-state index in [0.29, 0.717) is 97.0 Å². The maximum absolute atomic E-state index is 11.9. The summed E-state index contributed by atoms with van der Waals surface area (Å²) in [5, 5.41) is 16.2. The van der Waals surface area contributed by atoms with E-state index >= 15 is 0 Å². The summed E-state index contributed by atoms with van der Waals surface area (Å²) in [4.78, 5) is 37.2. The van der Waals surface area contributed by atoms with E-state index in [-0.39, 0.29) is 23.3 Å². The molecular formula is C37H72N6O6S. The smallest absolute Gasteiger partial charge is 0.220 e. The van der Waals surface area contributed by atoms with Gasteiger partial charge in [0.15, 0.2) is 0 Å². The summed E-state index contributed by atoms with van der Waals surface area (Å²) in [5.74, 6) is 2.30. The Bertz CT molecular complexity index is 937. The summed E-state index contributed by atoms with van der Waals surface area (Å²) in [6.45, 7) is 20.6. The van der Waals surface area contributed by atoms with E-state index < -0.39 is 0 Å². The molecule has 2 aliphatic rings. The molecule has 2 aliphatic heterocycles. The van der Waals surface area contributed by atoms with Crippen molar-refractivity contribution in [2.75, 3.05) is 78.6 Å². The van der Waals surface area contributed by atoms with Gasteiger partial charge in [-0.1, -0.05) is 33.3 Å². The normalized spacial score (nSPS) is 18.1. The van der Waals surface area contributed by atoms with Gasteiger partial charge in [0.2, 0.25) is 17.7 Å². The topological polar surface area (TPSA) is 142 Å².